The molecule has 0 saturated carbocycles. The zero-order valence-electron chi connectivity index (χ0n) is 13.3. The van der Waals surface area contributed by atoms with Crippen LogP contribution in [-0.2, 0) is 4.79 Å². The number of nitrogens with zero attached hydrogens (tertiary/aromatic N) is 1. The van der Waals surface area contributed by atoms with Crippen LogP contribution >= 0.6 is 23.2 Å². The van der Waals surface area contributed by atoms with Gasteiger partial charge in [0.15, 0.2) is 0 Å². The zero-order valence-corrected chi connectivity index (χ0v) is 14.8. The third-order valence-electron chi connectivity index (χ3n) is 3.24. The average Bonchev–Trinajstić information content (AvgIpc) is 2.62. The monoisotopic (exact) mass is 372 g/mol. The van der Waals surface area contributed by atoms with E-state index in [1.165, 1.54) is 6.08 Å². The number of para-hydroxylation sites is 2. The Morgan fingerprint density at radius 3 is 2.48 bits per heavy atom. The molecular formula is C19H14Cl2N2O2. The van der Waals surface area contributed by atoms with Crippen molar-refractivity contribution in [2.45, 2.75) is 0 Å². The van der Waals surface area contributed by atoms with Gasteiger partial charge in [-0.1, -0.05) is 59.6 Å². The van der Waals surface area contributed by atoms with Crippen molar-refractivity contribution in [3.63, 3.8) is 0 Å². The standard InChI is InChI=1S/C19H14Cl2N2O2/c1-25-17-11-3-2-6-13(17)7-4-8-14(12-22)19(24)23-18-15(20)9-5-10-16(18)21/h2-11H,1H3,(H,23,24)/b7-4+,14-8+. The quantitative estimate of drug-likeness (QED) is 0.450. The molecule has 0 bridgehead atoms. The molecule has 0 unspecified atom stereocenters. The minimum atomic E-state index is -0.595. The lowest BCUT2D eigenvalue weighted by Crippen LogP contribution is -2.14. The largest absolute Gasteiger partial charge is 0.496 e. The van der Waals surface area contributed by atoms with Gasteiger partial charge in [-0.3, -0.25) is 4.79 Å². The number of hydrogen-bond donors (Lipinski definition) is 1. The highest BCUT2D eigenvalue weighted by Crippen LogP contribution is 2.30. The Kier molecular flexibility index (Phi) is 6.64. The van der Waals surface area contributed by atoms with Crippen LogP contribution in [0.1, 0.15) is 5.56 Å². The number of nitrogens with one attached hydrogen (secondary N) is 1. The molecule has 6 heteroatoms. The number of carbonyl (C=O) groups is 1. The smallest absolute Gasteiger partial charge is 0.266 e. The molecule has 126 valence electrons. The van der Waals surface area contributed by atoms with Crippen LogP contribution in [-0.4, -0.2) is 13.0 Å². The van der Waals surface area contributed by atoms with Crippen molar-refractivity contribution in [3.8, 4) is 11.8 Å². The van der Waals surface area contributed by atoms with E-state index in [2.05, 4.69) is 5.32 Å². The average molecular weight is 373 g/mol. The summed E-state index contributed by atoms with van der Waals surface area (Å²) in [4.78, 5) is 12.2. The number of rotatable bonds is 5. The number of anilines is 1. The Balaban J connectivity index is 2.18. The van der Waals surface area contributed by atoms with Gasteiger partial charge in [0.05, 0.1) is 22.8 Å². The van der Waals surface area contributed by atoms with Gasteiger partial charge in [0.1, 0.15) is 17.4 Å². The maximum atomic E-state index is 12.2. The van der Waals surface area contributed by atoms with Gasteiger partial charge in [-0.05, 0) is 24.3 Å². The Bertz CT molecular complexity index is 863. The van der Waals surface area contributed by atoms with E-state index >= 15 is 0 Å². The molecule has 0 radical (unpaired) electrons. The number of halogens is 2. The summed E-state index contributed by atoms with van der Waals surface area (Å²) in [7, 11) is 1.57. The molecule has 2 aromatic carbocycles. The molecule has 2 rings (SSSR count). The molecule has 0 aliphatic rings. The molecule has 0 aliphatic carbocycles. The zero-order chi connectivity index (χ0) is 18.2. The number of ether oxygens (including phenoxy) is 1. The molecule has 1 N–H and O–H groups in total. The van der Waals surface area contributed by atoms with Crippen LogP contribution in [0.4, 0.5) is 5.69 Å². The third kappa shape index (κ3) is 4.87. The highest BCUT2D eigenvalue weighted by molar-refractivity contribution is 6.40. The van der Waals surface area contributed by atoms with Crippen molar-refractivity contribution in [2.75, 3.05) is 12.4 Å². The summed E-state index contributed by atoms with van der Waals surface area (Å²) in [5.41, 5.74) is 1.01. The predicted molar refractivity (Wildman–Crippen MR) is 101 cm³/mol. The Labute approximate surface area is 155 Å². The van der Waals surface area contributed by atoms with Gasteiger partial charge in [0.25, 0.3) is 5.91 Å². The Morgan fingerprint density at radius 2 is 1.84 bits per heavy atom. The topological polar surface area (TPSA) is 62.1 Å². The van der Waals surface area contributed by atoms with Crippen LogP contribution in [0.25, 0.3) is 6.08 Å². The summed E-state index contributed by atoms with van der Waals surface area (Å²) < 4.78 is 5.24. The van der Waals surface area contributed by atoms with E-state index in [-0.39, 0.29) is 11.3 Å². The van der Waals surface area contributed by atoms with Crippen molar-refractivity contribution in [3.05, 3.63) is 75.8 Å². The molecule has 0 aromatic heterocycles. The lowest BCUT2D eigenvalue weighted by molar-refractivity contribution is -0.112. The summed E-state index contributed by atoms with van der Waals surface area (Å²) in [6.07, 6.45) is 4.75. The van der Waals surface area contributed by atoms with Gasteiger partial charge in [0.2, 0.25) is 0 Å². The minimum absolute atomic E-state index is 0.0814. The number of methoxy groups -OCH3 is 1. The normalized spacial score (nSPS) is 11.2. The highest BCUT2D eigenvalue weighted by Gasteiger charge is 2.13. The second-order valence-corrected chi connectivity index (χ2v) is 5.66. The minimum Gasteiger partial charge on any atom is -0.496 e. The van der Waals surface area contributed by atoms with Crippen molar-refractivity contribution >= 4 is 40.9 Å². The predicted octanol–water partition coefficient (Wildman–Crippen LogP) is 5.10. The molecular weight excluding hydrogens is 359 g/mol. The van der Waals surface area contributed by atoms with Crippen LogP contribution in [0.3, 0.4) is 0 Å². The highest BCUT2D eigenvalue weighted by atomic mass is 35.5. The van der Waals surface area contributed by atoms with Crippen molar-refractivity contribution in [1.82, 2.24) is 0 Å². The first-order chi connectivity index (χ1) is 12.1. The van der Waals surface area contributed by atoms with Gasteiger partial charge < -0.3 is 10.1 Å². The molecule has 0 heterocycles. The third-order valence-corrected chi connectivity index (χ3v) is 3.87. The number of nitriles is 1. The van der Waals surface area contributed by atoms with E-state index in [9.17, 15) is 10.1 Å². The van der Waals surface area contributed by atoms with Gasteiger partial charge in [-0.25, -0.2) is 0 Å². The summed E-state index contributed by atoms with van der Waals surface area (Å²) in [5.74, 6) is 0.0973. The summed E-state index contributed by atoms with van der Waals surface area (Å²) in [5, 5.41) is 12.3. The molecule has 0 saturated heterocycles. The van der Waals surface area contributed by atoms with E-state index in [0.717, 1.165) is 5.56 Å². The maximum Gasteiger partial charge on any atom is 0.266 e. The second-order valence-electron chi connectivity index (χ2n) is 4.84. The number of amides is 1. The number of carbonyl (C=O) groups excluding carboxylic acids is 1. The first-order valence-electron chi connectivity index (χ1n) is 7.23. The molecule has 0 fully saturated rings. The number of hydrogen-bond acceptors (Lipinski definition) is 3. The van der Waals surface area contributed by atoms with Crippen molar-refractivity contribution in [1.29, 1.82) is 5.26 Å². The summed E-state index contributed by atoms with van der Waals surface area (Å²) >= 11 is 12.0. The molecule has 1 amide bonds. The first-order valence-corrected chi connectivity index (χ1v) is 7.99. The van der Waals surface area contributed by atoms with Crippen LogP contribution < -0.4 is 10.1 Å². The van der Waals surface area contributed by atoms with E-state index in [1.54, 1.807) is 37.5 Å². The summed E-state index contributed by atoms with van der Waals surface area (Å²) in [6, 6.07) is 14.1. The van der Waals surface area contributed by atoms with Gasteiger partial charge in [0, 0.05) is 5.56 Å². The van der Waals surface area contributed by atoms with Gasteiger partial charge >= 0.3 is 0 Å². The van der Waals surface area contributed by atoms with Crippen LogP contribution in [0.2, 0.25) is 10.0 Å². The van der Waals surface area contributed by atoms with E-state index in [4.69, 9.17) is 27.9 Å². The van der Waals surface area contributed by atoms with Gasteiger partial charge in [-0.15, -0.1) is 0 Å². The fourth-order valence-corrected chi connectivity index (χ4v) is 2.51. The van der Waals surface area contributed by atoms with Crippen LogP contribution in [0.5, 0.6) is 5.75 Å². The summed E-state index contributed by atoms with van der Waals surface area (Å²) in [6.45, 7) is 0. The molecule has 4 nitrogen and oxygen atoms in total. The molecule has 0 aliphatic heterocycles. The lowest BCUT2D eigenvalue weighted by atomic mass is 10.1. The van der Waals surface area contributed by atoms with E-state index < -0.39 is 5.91 Å². The fraction of sp³-hybridized carbons (Fsp3) is 0.0526. The Morgan fingerprint density at radius 1 is 1.16 bits per heavy atom. The van der Waals surface area contributed by atoms with E-state index in [0.29, 0.717) is 15.8 Å². The fourth-order valence-electron chi connectivity index (χ4n) is 2.01. The second kappa shape index (κ2) is 8.93. The van der Waals surface area contributed by atoms with Gasteiger partial charge in [-0.2, -0.15) is 5.26 Å². The maximum absolute atomic E-state index is 12.2. The molecule has 0 spiro atoms. The lowest BCUT2D eigenvalue weighted by Gasteiger charge is -2.08. The number of allylic oxidation sites excluding steroid dienone is 2. The molecule has 2 aromatic rings. The number of benzene rings is 2. The van der Waals surface area contributed by atoms with Crippen LogP contribution in [0.15, 0.2) is 60.2 Å². The van der Waals surface area contributed by atoms with Crippen molar-refractivity contribution in [2.24, 2.45) is 0 Å². The van der Waals surface area contributed by atoms with E-state index in [1.807, 2.05) is 30.3 Å². The van der Waals surface area contributed by atoms with Crippen molar-refractivity contribution < 1.29 is 9.53 Å². The molecule has 25 heavy (non-hydrogen) atoms. The first kappa shape index (κ1) is 18.6. The molecule has 0 atom stereocenters. The van der Waals surface area contributed by atoms with Crippen LogP contribution in [0, 0.1) is 11.3 Å². The SMILES string of the molecule is COc1ccccc1/C=C/C=C(\C#N)C(=O)Nc1c(Cl)cccc1Cl. The Hall–Kier alpha value is -2.74.